The van der Waals surface area contributed by atoms with Crippen LogP contribution in [-0.4, -0.2) is 26.8 Å². The molecule has 2 rings (SSSR count). The fourth-order valence-corrected chi connectivity index (χ4v) is 1.84. The summed E-state index contributed by atoms with van der Waals surface area (Å²) in [6, 6.07) is 9.63. The summed E-state index contributed by atoms with van der Waals surface area (Å²) in [7, 11) is 1.58. The van der Waals surface area contributed by atoms with E-state index in [4.69, 9.17) is 5.11 Å². The number of carbonyl (C=O) groups excluding carboxylic acids is 1. The Morgan fingerprint density at radius 3 is 2.65 bits per heavy atom. The van der Waals surface area contributed by atoms with E-state index >= 15 is 0 Å². The van der Waals surface area contributed by atoms with E-state index in [0.29, 0.717) is 6.42 Å². The molecule has 1 aromatic carbocycles. The van der Waals surface area contributed by atoms with Crippen LogP contribution in [0, 0.1) is 0 Å². The van der Waals surface area contributed by atoms with Gasteiger partial charge >= 0.3 is 5.97 Å². The number of carbonyl (C=O) groups is 2. The van der Waals surface area contributed by atoms with Crippen LogP contribution in [0.4, 0.5) is 5.82 Å². The Bertz CT molecular complexity index is 620. The summed E-state index contributed by atoms with van der Waals surface area (Å²) in [6.07, 6.45) is 2.11. The van der Waals surface area contributed by atoms with Crippen molar-refractivity contribution in [3.8, 4) is 0 Å². The zero-order valence-electron chi connectivity index (χ0n) is 11.0. The monoisotopic (exact) mass is 273 g/mol. The molecule has 0 atom stereocenters. The first kappa shape index (κ1) is 13.8. The standard InChI is InChI=1S/C14H15N3O3/c1-17-13(11(9-15-17)14(19)20)16-12(18)8-7-10-5-3-2-4-6-10/h2-6,9H,7-8H2,1H3,(H,16,18)(H,19,20). The van der Waals surface area contributed by atoms with Crippen molar-refractivity contribution in [1.82, 2.24) is 9.78 Å². The van der Waals surface area contributed by atoms with Gasteiger partial charge in [0.25, 0.3) is 0 Å². The van der Waals surface area contributed by atoms with Crippen LogP contribution >= 0.6 is 0 Å². The summed E-state index contributed by atoms with van der Waals surface area (Å²) in [5.41, 5.74) is 1.05. The van der Waals surface area contributed by atoms with Gasteiger partial charge in [0.05, 0.1) is 6.20 Å². The third-order valence-electron chi connectivity index (χ3n) is 2.91. The molecule has 6 heteroatoms. The maximum atomic E-state index is 11.9. The van der Waals surface area contributed by atoms with E-state index < -0.39 is 5.97 Å². The van der Waals surface area contributed by atoms with Crippen molar-refractivity contribution in [3.63, 3.8) is 0 Å². The van der Waals surface area contributed by atoms with Gasteiger partial charge in [-0.1, -0.05) is 30.3 Å². The van der Waals surface area contributed by atoms with Crippen molar-refractivity contribution in [2.45, 2.75) is 12.8 Å². The number of nitrogens with one attached hydrogen (secondary N) is 1. The predicted octanol–water partition coefficient (Wildman–Crippen LogP) is 1.69. The van der Waals surface area contributed by atoms with Gasteiger partial charge in [-0.15, -0.1) is 0 Å². The number of hydrogen-bond acceptors (Lipinski definition) is 3. The van der Waals surface area contributed by atoms with Gasteiger partial charge in [0.15, 0.2) is 0 Å². The molecule has 1 amide bonds. The zero-order chi connectivity index (χ0) is 14.5. The first-order chi connectivity index (χ1) is 9.58. The summed E-state index contributed by atoms with van der Waals surface area (Å²) < 4.78 is 1.34. The molecule has 20 heavy (non-hydrogen) atoms. The summed E-state index contributed by atoms with van der Waals surface area (Å²) in [6.45, 7) is 0. The molecule has 2 N–H and O–H groups in total. The molecular weight excluding hydrogens is 258 g/mol. The van der Waals surface area contributed by atoms with Crippen LogP contribution in [0.1, 0.15) is 22.3 Å². The van der Waals surface area contributed by atoms with Crippen molar-refractivity contribution in [3.05, 3.63) is 47.7 Å². The molecule has 0 aliphatic rings. The number of rotatable bonds is 5. The van der Waals surface area contributed by atoms with Crippen LogP contribution < -0.4 is 5.32 Å². The van der Waals surface area contributed by atoms with Crippen molar-refractivity contribution < 1.29 is 14.7 Å². The highest BCUT2D eigenvalue weighted by molar-refractivity contribution is 5.99. The number of nitrogens with zero attached hydrogens (tertiary/aromatic N) is 2. The number of aromatic carboxylic acids is 1. The number of aromatic nitrogens is 2. The smallest absolute Gasteiger partial charge is 0.341 e. The molecule has 1 heterocycles. The van der Waals surface area contributed by atoms with Crippen LogP contribution in [0.3, 0.4) is 0 Å². The van der Waals surface area contributed by atoms with Crippen molar-refractivity contribution in [2.24, 2.45) is 7.05 Å². The topological polar surface area (TPSA) is 84.2 Å². The average Bonchev–Trinajstić information content (AvgIpc) is 2.79. The number of carboxylic acid groups (broad SMARTS) is 1. The maximum absolute atomic E-state index is 11.9. The van der Waals surface area contributed by atoms with E-state index in [0.717, 1.165) is 5.56 Å². The lowest BCUT2D eigenvalue weighted by Gasteiger charge is -2.07. The lowest BCUT2D eigenvalue weighted by Crippen LogP contribution is -2.17. The van der Waals surface area contributed by atoms with E-state index in [1.807, 2.05) is 30.3 Å². The Kier molecular flexibility index (Phi) is 4.14. The summed E-state index contributed by atoms with van der Waals surface area (Å²) in [4.78, 5) is 22.9. The van der Waals surface area contributed by atoms with Crippen LogP contribution in [0.15, 0.2) is 36.5 Å². The normalized spacial score (nSPS) is 10.2. The molecule has 0 saturated heterocycles. The third-order valence-corrected chi connectivity index (χ3v) is 2.91. The molecule has 0 unspecified atom stereocenters. The van der Waals surface area contributed by atoms with Gasteiger partial charge in [0.1, 0.15) is 11.4 Å². The van der Waals surface area contributed by atoms with Gasteiger partial charge in [-0.3, -0.25) is 9.48 Å². The Balaban J connectivity index is 1.98. The highest BCUT2D eigenvalue weighted by Gasteiger charge is 2.16. The van der Waals surface area contributed by atoms with E-state index in [2.05, 4.69) is 10.4 Å². The second-order valence-electron chi connectivity index (χ2n) is 4.37. The fourth-order valence-electron chi connectivity index (χ4n) is 1.84. The fraction of sp³-hybridized carbons (Fsp3) is 0.214. The Labute approximate surface area is 116 Å². The number of anilines is 1. The predicted molar refractivity (Wildman–Crippen MR) is 73.6 cm³/mol. The summed E-state index contributed by atoms with van der Waals surface area (Å²) >= 11 is 0. The molecule has 0 aliphatic heterocycles. The lowest BCUT2D eigenvalue weighted by atomic mass is 10.1. The quantitative estimate of drug-likeness (QED) is 0.868. The minimum Gasteiger partial charge on any atom is -0.477 e. The van der Waals surface area contributed by atoms with Crippen molar-refractivity contribution >= 4 is 17.7 Å². The number of benzene rings is 1. The second-order valence-corrected chi connectivity index (χ2v) is 4.37. The number of amides is 1. The van der Waals surface area contributed by atoms with E-state index in [1.165, 1.54) is 10.9 Å². The molecule has 0 aliphatic carbocycles. The minimum absolute atomic E-state index is 0.0134. The Morgan fingerprint density at radius 1 is 1.30 bits per heavy atom. The molecule has 0 bridgehead atoms. The third kappa shape index (κ3) is 3.23. The van der Waals surface area contributed by atoms with Crippen molar-refractivity contribution in [1.29, 1.82) is 0 Å². The molecule has 0 radical (unpaired) electrons. The number of hydrogen-bond donors (Lipinski definition) is 2. The molecule has 0 spiro atoms. The zero-order valence-corrected chi connectivity index (χ0v) is 11.0. The highest BCUT2D eigenvalue weighted by atomic mass is 16.4. The van der Waals surface area contributed by atoms with Gasteiger partial charge in [-0.05, 0) is 12.0 Å². The molecule has 2 aromatic rings. The molecule has 0 saturated carbocycles. The van der Waals surface area contributed by atoms with E-state index in [1.54, 1.807) is 7.05 Å². The first-order valence-electron chi connectivity index (χ1n) is 6.17. The average molecular weight is 273 g/mol. The van der Waals surface area contributed by atoms with Gasteiger partial charge in [0, 0.05) is 13.5 Å². The van der Waals surface area contributed by atoms with Crippen LogP contribution in [-0.2, 0) is 18.3 Å². The van der Waals surface area contributed by atoms with Crippen LogP contribution in [0.2, 0.25) is 0 Å². The Hall–Kier alpha value is -2.63. The molecule has 0 fully saturated rings. The maximum Gasteiger partial charge on any atom is 0.341 e. The van der Waals surface area contributed by atoms with Crippen LogP contribution in [0.5, 0.6) is 0 Å². The molecular formula is C14H15N3O3. The van der Waals surface area contributed by atoms with Crippen LogP contribution in [0.25, 0.3) is 0 Å². The molecule has 104 valence electrons. The SMILES string of the molecule is Cn1ncc(C(=O)O)c1NC(=O)CCc1ccccc1. The first-order valence-corrected chi connectivity index (χ1v) is 6.17. The summed E-state index contributed by atoms with van der Waals surface area (Å²) in [5, 5.41) is 15.4. The molecule has 6 nitrogen and oxygen atoms in total. The number of carboxylic acids is 1. The van der Waals surface area contributed by atoms with Gasteiger partial charge in [0.2, 0.25) is 5.91 Å². The van der Waals surface area contributed by atoms with E-state index in [-0.39, 0.29) is 23.7 Å². The highest BCUT2D eigenvalue weighted by Crippen LogP contribution is 2.14. The largest absolute Gasteiger partial charge is 0.477 e. The van der Waals surface area contributed by atoms with Gasteiger partial charge in [-0.2, -0.15) is 5.10 Å². The van der Waals surface area contributed by atoms with E-state index in [9.17, 15) is 9.59 Å². The lowest BCUT2D eigenvalue weighted by molar-refractivity contribution is -0.116. The van der Waals surface area contributed by atoms with Gasteiger partial charge in [-0.25, -0.2) is 4.79 Å². The number of aryl methyl sites for hydroxylation is 2. The van der Waals surface area contributed by atoms with Crippen molar-refractivity contribution in [2.75, 3.05) is 5.32 Å². The molecule has 1 aromatic heterocycles. The Morgan fingerprint density at radius 2 is 2.00 bits per heavy atom. The second kappa shape index (κ2) is 6.01. The minimum atomic E-state index is -1.11. The van der Waals surface area contributed by atoms with Gasteiger partial charge < -0.3 is 10.4 Å². The summed E-state index contributed by atoms with van der Waals surface area (Å²) in [5.74, 6) is -1.15.